The number of nitrogens with zero attached hydrogens (tertiary/aromatic N) is 3. The minimum absolute atomic E-state index is 0.211. The van der Waals surface area contributed by atoms with Crippen LogP contribution >= 0.6 is 11.3 Å². The van der Waals surface area contributed by atoms with Crippen LogP contribution in [0.5, 0.6) is 0 Å². The number of morpholine rings is 1. The zero-order chi connectivity index (χ0) is 15.7. The summed E-state index contributed by atoms with van der Waals surface area (Å²) in [4.78, 5) is 11.3. The van der Waals surface area contributed by atoms with Gasteiger partial charge in [-0.3, -0.25) is 9.80 Å². The Morgan fingerprint density at radius 1 is 1.27 bits per heavy atom. The minimum Gasteiger partial charge on any atom is -0.379 e. The molecule has 0 unspecified atom stereocenters. The number of thiazole rings is 1. The van der Waals surface area contributed by atoms with Gasteiger partial charge in [0.25, 0.3) is 0 Å². The summed E-state index contributed by atoms with van der Waals surface area (Å²) >= 11 is 1.88. The van der Waals surface area contributed by atoms with Crippen molar-refractivity contribution in [2.24, 2.45) is 0 Å². The Hall–Kier alpha value is -0.490. The third-order valence-corrected chi connectivity index (χ3v) is 6.40. The number of hydrogen-bond acceptors (Lipinski definition) is 5. The van der Waals surface area contributed by atoms with Gasteiger partial charge in [-0.15, -0.1) is 11.3 Å². The lowest BCUT2D eigenvalue weighted by atomic mass is 9.96. The molecule has 0 saturated carbocycles. The van der Waals surface area contributed by atoms with E-state index in [1.807, 2.05) is 11.3 Å². The molecular weight excluding hydrogens is 294 g/mol. The summed E-state index contributed by atoms with van der Waals surface area (Å²) in [6.45, 7) is 15.3. The third kappa shape index (κ3) is 3.53. The molecule has 0 amide bonds. The quantitative estimate of drug-likeness (QED) is 0.855. The molecular formula is C17H29N3OS. The zero-order valence-electron chi connectivity index (χ0n) is 14.3. The van der Waals surface area contributed by atoms with Gasteiger partial charge in [-0.25, -0.2) is 4.98 Å². The van der Waals surface area contributed by atoms with E-state index in [0.29, 0.717) is 12.1 Å². The lowest BCUT2D eigenvalue weighted by molar-refractivity contribution is 0.00983. The average Bonchev–Trinajstić information content (AvgIpc) is 3.08. The van der Waals surface area contributed by atoms with Gasteiger partial charge in [0.15, 0.2) is 0 Å². The van der Waals surface area contributed by atoms with Crippen LogP contribution < -0.4 is 0 Å². The fourth-order valence-electron chi connectivity index (χ4n) is 3.51. The van der Waals surface area contributed by atoms with Gasteiger partial charge in [-0.1, -0.05) is 20.8 Å². The predicted octanol–water partition coefficient (Wildman–Crippen LogP) is 2.74. The second kappa shape index (κ2) is 6.56. The molecule has 2 aliphatic rings. The standard InChI is InChI=1S/C17H29N3OS/c1-13-14(19-7-9-21-10-8-19)5-6-20(13)12-16-18-11-15(22-16)17(2,3)4/h11,13-14H,5-10,12H2,1-4H3/t13-,14-/m1/s1. The summed E-state index contributed by atoms with van der Waals surface area (Å²) in [7, 11) is 0. The maximum absolute atomic E-state index is 5.49. The van der Waals surface area contributed by atoms with Crippen molar-refractivity contribution in [3.05, 3.63) is 16.1 Å². The summed E-state index contributed by atoms with van der Waals surface area (Å²) in [6, 6.07) is 1.30. The monoisotopic (exact) mass is 323 g/mol. The van der Waals surface area contributed by atoms with Gasteiger partial charge in [0.05, 0.1) is 19.8 Å². The Morgan fingerprint density at radius 3 is 2.64 bits per heavy atom. The molecule has 3 rings (SSSR count). The van der Waals surface area contributed by atoms with Gasteiger partial charge < -0.3 is 4.74 Å². The Labute approximate surface area is 138 Å². The van der Waals surface area contributed by atoms with Crippen molar-refractivity contribution < 1.29 is 4.74 Å². The van der Waals surface area contributed by atoms with E-state index in [1.165, 1.54) is 22.9 Å². The van der Waals surface area contributed by atoms with Crippen LogP contribution in [0, 0.1) is 0 Å². The molecule has 1 aromatic rings. The zero-order valence-corrected chi connectivity index (χ0v) is 15.2. The highest BCUT2D eigenvalue weighted by Gasteiger charge is 2.35. The molecule has 0 bridgehead atoms. The van der Waals surface area contributed by atoms with Crippen LogP contribution in [0.25, 0.3) is 0 Å². The van der Waals surface area contributed by atoms with E-state index in [0.717, 1.165) is 32.8 Å². The largest absolute Gasteiger partial charge is 0.379 e. The molecule has 2 atom stereocenters. The van der Waals surface area contributed by atoms with Crippen molar-refractivity contribution in [1.82, 2.24) is 14.8 Å². The molecule has 2 saturated heterocycles. The first kappa shape index (κ1) is 16.4. The first-order chi connectivity index (χ1) is 10.4. The van der Waals surface area contributed by atoms with Gasteiger partial charge in [-0.2, -0.15) is 0 Å². The maximum atomic E-state index is 5.49. The maximum Gasteiger partial charge on any atom is 0.107 e. The Morgan fingerprint density at radius 2 is 2.00 bits per heavy atom. The van der Waals surface area contributed by atoms with Crippen LogP contribution in [0.3, 0.4) is 0 Å². The van der Waals surface area contributed by atoms with Crippen molar-refractivity contribution in [3.63, 3.8) is 0 Å². The van der Waals surface area contributed by atoms with Crippen molar-refractivity contribution in [2.45, 2.75) is 58.2 Å². The third-order valence-electron chi connectivity index (χ3n) is 4.99. The average molecular weight is 324 g/mol. The van der Waals surface area contributed by atoms with Gasteiger partial charge in [-0.05, 0) is 18.8 Å². The predicted molar refractivity (Wildman–Crippen MR) is 91.5 cm³/mol. The second-order valence-corrected chi connectivity index (χ2v) is 8.70. The molecule has 0 aromatic carbocycles. The molecule has 0 aliphatic carbocycles. The summed E-state index contributed by atoms with van der Waals surface area (Å²) < 4.78 is 5.49. The molecule has 3 heterocycles. The smallest absolute Gasteiger partial charge is 0.107 e. The highest BCUT2D eigenvalue weighted by Crippen LogP contribution is 2.30. The summed E-state index contributed by atoms with van der Waals surface area (Å²) in [5, 5.41) is 1.26. The molecule has 4 nitrogen and oxygen atoms in total. The highest BCUT2D eigenvalue weighted by atomic mass is 32.1. The first-order valence-corrected chi connectivity index (χ1v) is 9.28. The number of likely N-dealkylation sites (tertiary alicyclic amines) is 1. The van der Waals surface area contributed by atoms with Crippen molar-refractivity contribution >= 4 is 11.3 Å². The number of rotatable bonds is 3. The molecule has 124 valence electrons. The molecule has 22 heavy (non-hydrogen) atoms. The van der Waals surface area contributed by atoms with E-state index >= 15 is 0 Å². The number of aromatic nitrogens is 1. The summed E-state index contributed by atoms with van der Waals surface area (Å²) in [5.74, 6) is 0. The second-order valence-electron chi connectivity index (χ2n) is 7.58. The van der Waals surface area contributed by atoms with E-state index in [1.54, 1.807) is 0 Å². The lowest BCUT2D eigenvalue weighted by Gasteiger charge is -2.35. The molecule has 1 aromatic heterocycles. The number of hydrogen-bond donors (Lipinski definition) is 0. The van der Waals surface area contributed by atoms with E-state index in [4.69, 9.17) is 4.74 Å². The van der Waals surface area contributed by atoms with E-state index in [2.05, 4.69) is 48.7 Å². The molecule has 0 N–H and O–H groups in total. The van der Waals surface area contributed by atoms with Crippen LogP contribution in [0.15, 0.2) is 6.20 Å². The van der Waals surface area contributed by atoms with Crippen LogP contribution in [-0.2, 0) is 16.7 Å². The molecule has 5 heteroatoms. The van der Waals surface area contributed by atoms with Crippen LogP contribution in [0.2, 0.25) is 0 Å². The van der Waals surface area contributed by atoms with Gasteiger partial charge in [0, 0.05) is 42.8 Å². The van der Waals surface area contributed by atoms with Crippen molar-refractivity contribution in [2.75, 3.05) is 32.8 Å². The summed E-state index contributed by atoms with van der Waals surface area (Å²) in [6.07, 6.45) is 3.35. The topological polar surface area (TPSA) is 28.6 Å². The highest BCUT2D eigenvalue weighted by molar-refractivity contribution is 7.11. The fourth-order valence-corrected chi connectivity index (χ4v) is 4.51. The Bertz CT molecular complexity index is 490. The number of ether oxygens (including phenoxy) is 1. The van der Waals surface area contributed by atoms with Crippen molar-refractivity contribution in [1.29, 1.82) is 0 Å². The fraction of sp³-hybridized carbons (Fsp3) is 0.824. The molecule has 2 aliphatic heterocycles. The van der Waals surface area contributed by atoms with E-state index in [9.17, 15) is 0 Å². The molecule has 2 fully saturated rings. The van der Waals surface area contributed by atoms with E-state index in [-0.39, 0.29) is 5.41 Å². The van der Waals surface area contributed by atoms with Crippen LogP contribution in [-0.4, -0.2) is 59.7 Å². The first-order valence-electron chi connectivity index (χ1n) is 8.46. The van der Waals surface area contributed by atoms with Gasteiger partial charge >= 0.3 is 0 Å². The lowest BCUT2D eigenvalue weighted by Crippen LogP contribution is -2.48. The molecule has 0 radical (unpaired) electrons. The summed E-state index contributed by atoms with van der Waals surface area (Å²) in [5.41, 5.74) is 0.211. The van der Waals surface area contributed by atoms with E-state index < -0.39 is 0 Å². The minimum atomic E-state index is 0.211. The van der Waals surface area contributed by atoms with Crippen LogP contribution in [0.1, 0.15) is 44.0 Å². The normalized spacial score (nSPS) is 28.4. The SMILES string of the molecule is C[C@@H]1[C@H](N2CCOCC2)CCN1Cc1ncc(C(C)(C)C)s1. The van der Waals surface area contributed by atoms with Gasteiger partial charge in [0.1, 0.15) is 5.01 Å². The Balaban J connectivity index is 1.60. The molecule has 0 spiro atoms. The van der Waals surface area contributed by atoms with Crippen molar-refractivity contribution in [3.8, 4) is 0 Å². The van der Waals surface area contributed by atoms with Crippen LogP contribution in [0.4, 0.5) is 0 Å². The Kier molecular flexibility index (Phi) is 4.88. The van der Waals surface area contributed by atoms with Gasteiger partial charge in [0.2, 0.25) is 0 Å².